The van der Waals surface area contributed by atoms with Crippen LogP contribution in [0, 0.1) is 0 Å². The first-order chi connectivity index (χ1) is 9.60. The Bertz CT molecular complexity index is 591. The van der Waals surface area contributed by atoms with E-state index in [1.54, 1.807) is 25.4 Å². The molecule has 0 atom stereocenters. The fraction of sp³-hybridized carbons (Fsp3) is 0.250. The van der Waals surface area contributed by atoms with Crippen molar-refractivity contribution in [2.75, 3.05) is 17.7 Å². The highest BCUT2D eigenvalue weighted by Crippen LogP contribution is 2.18. The van der Waals surface area contributed by atoms with E-state index in [1.807, 2.05) is 24.3 Å². The summed E-state index contributed by atoms with van der Waals surface area (Å²) < 4.78 is 0. The van der Waals surface area contributed by atoms with Crippen molar-refractivity contribution in [3.63, 3.8) is 0 Å². The molecule has 1 amide bonds. The van der Waals surface area contributed by atoms with Crippen molar-refractivity contribution < 1.29 is 4.79 Å². The molecule has 0 saturated heterocycles. The first kappa shape index (κ1) is 14.1. The van der Waals surface area contributed by atoms with E-state index < -0.39 is 0 Å². The Morgan fingerprint density at radius 2 is 1.85 bits per heavy atom. The molecule has 4 nitrogen and oxygen atoms in total. The number of hydrogen-bond acceptors (Lipinski definition) is 3. The molecule has 20 heavy (non-hydrogen) atoms. The van der Waals surface area contributed by atoms with Gasteiger partial charge in [0.05, 0.1) is 0 Å². The van der Waals surface area contributed by atoms with Crippen LogP contribution < -0.4 is 10.6 Å². The van der Waals surface area contributed by atoms with Crippen LogP contribution in [0.4, 0.5) is 11.5 Å². The largest absolute Gasteiger partial charge is 0.373 e. The highest BCUT2D eigenvalue weighted by molar-refractivity contribution is 6.04. The fourth-order valence-electron chi connectivity index (χ4n) is 1.86. The minimum atomic E-state index is -0.138. The maximum atomic E-state index is 12.1. The molecule has 1 heterocycles. The molecule has 0 aliphatic rings. The van der Waals surface area contributed by atoms with Gasteiger partial charge in [-0.2, -0.15) is 0 Å². The van der Waals surface area contributed by atoms with E-state index in [4.69, 9.17) is 0 Å². The maximum Gasteiger partial charge on any atom is 0.255 e. The molecule has 2 rings (SSSR count). The van der Waals surface area contributed by atoms with Gasteiger partial charge in [0.2, 0.25) is 0 Å². The lowest BCUT2D eigenvalue weighted by atomic mass is 10.0. The average molecular weight is 269 g/mol. The molecular formula is C16H19N3O. The summed E-state index contributed by atoms with van der Waals surface area (Å²) in [6, 6.07) is 11.3. The number of nitrogens with one attached hydrogen (secondary N) is 2. The van der Waals surface area contributed by atoms with Gasteiger partial charge in [0.25, 0.3) is 5.91 Å². The van der Waals surface area contributed by atoms with Crippen LogP contribution in [0.3, 0.4) is 0 Å². The Morgan fingerprint density at radius 1 is 1.15 bits per heavy atom. The van der Waals surface area contributed by atoms with E-state index in [-0.39, 0.29) is 5.91 Å². The number of hydrogen-bond donors (Lipinski definition) is 2. The third kappa shape index (κ3) is 3.35. The van der Waals surface area contributed by atoms with Crippen molar-refractivity contribution in [3.05, 3.63) is 53.7 Å². The number of benzene rings is 1. The lowest BCUT2D eigenvalue weighted by Gasteiger charge is -2.09. The number of carbonyl (C=O) groups excluding carboxylic acids is 1. The normalized spacial score (nSPS) is 10.4. The van der Waals surface area contributed by atoms with E-state index in [9.17, 15) is 4.79 Å². The minimum Gasteiger partial charge on any atom is -0.373 e. The molecule has 1 aromatic heterocycles. The van der Waals surface area contributed by atoms with Gasteiger partial charge in [0.15, 0.2) is 0 Å². The Morgan fingerprint density at radius 3 is 2.45 bits per heavy atom. The molecule has 0 radical (unpaired) electrons. The second kappa shape index (κ2) is 6.19. The second-order valence-electron chi connectivity index (χ2n) is 4.91. The highest BCUT2D eigenvalue weighted by Gasteiger charge is 2.07. The Kier molecular flexibility index (Phi) is 4.35. The zero-order valence-corrected chi connectivity index (χ0v) is 12.0. The molecule has 0 fully saturated rings. The summed E-state index contributed by atoms with van der Waals surface area (Å²) in [6.07, 6.45) is 1.61. The van der Waals surface area contributed by atoms with Crippen molar-refractivity contribution in [1.29, 1.82) is 0 Å². The van der Waals surface area contributed by atoms with E-state index in [2.05, 4.69) is 29.5 Å². The van der Waals surface area contributed by atoms with Crippen molar-refractivity contribution in [2.45, 2.75) is 19.8 Å². The topological polar surface area (TPSA) is 54.0 Å². The molecule has 4 heteroatoms. The third-order valence-corrected chi connectivity index (χ3v) is 3.11. The van der Waals surface area contributed by atoms with Gasteiger partial charge >= 0.3 is 0 Å². The number of pyridine rings is 1. The molecule has 2 N–H and O–H groups in total. The van der Waals surface area contributed by atoms with Crippen LogP contribution in [-0.4, -0.2) is 17.9 Å². The lowest BCUT2D eigenvalue weighted by Crippen LogP contribution is -2.12. The summed E-state index contributed by atoms with van der Waals surface area (Å²) >= 11 is 0. The molecular weight excluding hydrogens is 250 g/mol. The Balaban J connectivity index is 2.10. The van der Waals surface area contributed by atoms with Crippen LogP contribution in [0.5, 0.6) is 0 Å². The summed E-state index contributed by atoms with van der Waals surface area (Å²) in [4.78, 5) is 16.2. The van der Waals surface area contributed by atoms with Gasteiger partial charge in [-0.3, -0.25) is 4.79 Å². The number of rotatable bonds is 4. The smallest absolute Gasteiger partial charge is 0.255 e. The van der Waals surface area contributed by atoms with Gasteiger partial charge in [0.1, 0.15) is 5.82 Å². The van der Waals surface area contributed by atoms with Crippen LogP contribution in [0.2, 0.25) is 0 Å². The molecule has 0 unspecified atom stereocenters. The summed E-state index contributed by atoms with van der Waals surface area (Å²) in [5.74, 6) is 1.02. The van der Waals surface area contributed by atoms with Crippen LogP contribution in [-0.2, 0) is 0 Å². The zero-order chi connectivity index (χ0) is 14.5. The van der Waals surface area contributed by atoms with E-state index in [0.717, 1.165) is 5.69 Å². The summed E-state index contributed by atoms with van der Waals surface area (Å²) in [5, 5.41) is 5.80. The van der Waals surface area contributed by atoms with Crippen molar-refractivity contribution in [1.82, 2.24) is 4.98 Å². The molecule has 2 aromatic rings. The summed E-state index contributed by atoms with van der Waals surface area (Å²) in [6.45, 7) is 4.29. The number of amides is 1. The number of carbonyl (C=O) groups is 1. The zero-order valence-electron chi connectivity index (χ0n) is 12.0. The minimum absolute atomic E-state index is 0.138. The Hall–Kier alpha value is -2.36. The molecule has 0 aliphatic heterocycles. The van der Waals surface area contributed by atoms with E-state index in [1.165, 1.54) is 5.56 Å². The van der Waals surface area contributed by atoms with Crippen molar-refractivity contribution in [3.8, 4) is 0 Å². The summed E-state index contributed by atoms with van der Waals surface area (Å²) in [7, 11) is 1.77. The van der Waals surface area contributed by atoms with Crippen LogP contribution in [0.25, 0.3) is 0 Å². The van der Waals surface area contributed by atoms with Crippen LogP contribution in [0.15, 0.2) is 42.6 Å². The van der Waals surface area contributed by atoms with Gasteiger partial charge in [-0.25, -0.2) is 4.98 Å². The number of aromatic nitrogens is 1. The van der Waals surface area contributed by atoms with Gasteiger partial charge in [0, 0.05) is 24.5 Å². The van der Waals surface area contributed by atoms with E-state index >= 15 is 0 Å². The van der Waals surface area contributed by atoms with Gasteiger partial charge in [-0.1, -0.05) is 26.0 Å². The van der Waals surface area contributed by atoms with Crippen molar-refractivity contribution in [2.24, 2.45) is 0 Å². The van der Waals surface area contributed by atoms with Gasteiger partial charge < -0.3 is 10.6 Å². The highest BCUT2D eigenvalue weighted by atomic mass is 16.1. The molecule has 0 aliphatic carbocycles. The monoisotopic (exact) mass is 269 g/mol. The molecule has 1 aromatic carbocycles. The number of anilines is 2. The predicted octanol–water partition coefficient (Wildman–Crippen LogP) is 3.50. The van der Waals surface area contributed by atoms with E-state index in [0.29, 0.717) is 17.3 Å². The second-order valence-corrected chi connectivity index (χ2v) is 4.91. The SMILES string of the molecule is CNc1cc(C(=O)Nc2ccc(C(C)C)cc2)ccn1. The van der Waals surface area contributed by atoms with Crippen LogP contribution in [0.1, 0.15) is 35.7 Å². The molecule has 0 bridgehead atoms. The standard InChI is InChI=1S/C16H19N3O/c1-11(2)12-4-6-14(7-5-12)19-16(20)13-8-9-18-15(10-13)17-3/h4-11H,1-3H3,(H,17,18)(H,19,20). The van der Waals surface area contributed by atoms with Crippen LogP contribution >= 0.6 is 0 Å². The first-order valence-corrected chi connectivity index (χ1v) is 6.65. The maximum absolute atomic E-state index is 12.1. The summed E-state index contributed by atoms with van der Waals surface area (Å²) in [5.41, 5.74) is 2.63. The van der Waals surface area contributed by atoms with Gasteiger partial charge in [-0.05, 0) is 35.7 Å². The predicted molar refractivity (Wildman–Crippen MR) is 82.3 cm³/mol. The van der Waals surface area contributed by atoms with Gasteiger partial charge in [-0.15, -0.1) is 0 Å². The first-order valence-electron chi connectivity index (χ1n) is 6.65. The molecule has 0 spiro atoms. The molecule has 104 valence electrons. The lowest BCUT2D eigenvalue weighted by molar-refractivity contribution is 0.102. The van der Waals surface area contributed by atoms with Crippen molar-refractivity contribution >= 4 is 17.4 Å². The number of nitrogens with zero attached hydrogens (tertiary/aromatic N) is 1. The quantitative estimate of drug-likeness (QED) is 0.893. The average Bonchev–Trinajstić information content (AvgIpc) is 2.47. The Labute approximate surface area is 119 Å². The third-order valence-electron chi connectivity index (χ3n) is 3.11. The molecule has 0 saturated carbocycles. The fourth-order valence-corrected chi connectivity index (χ4v) is 1.86.